The fourth-order valence-corrected chi connectivity index (χ4v) is 1.55. The second kappa shape index (κ2) is 7.32. The van der Waals surface area contributed by atoms with E-state index in [-0.39, 0.29) is 5.69 Å². The minimum absolute atomic E-state index is 0.0892. The molecule has 19 heavy (non-hydrogen) atoms. The summed E-state index contributed by atoms with van der Waals surface area (Å²) in [5, 5.41) is 16.9. The molecule has 0 bridgehead atoms. The highest BCUT2D eigenvalue weighted by Gasteiger charge is 2.15. The van der Waals surface area contributed by atoms with E-state index in [1.54, 1.807) is 18.2 Å². The number of nitrogens with zero attached hydrogens (tertiary/aromatic N) is 1. The summed E-state index contributed by atoms with van der Waals surface area (Å²) >= 11 is 5.01. The first-order chi connectivity index (χ1) is 9.08. The quantitative estimate of drug-likeness (QED) is 0.361. The first-order valence-corrected chi connectivity index (χ1v) is 6.06. The van der Waals surface area contributed by atoms with E-state index in [1.165, 1.54) is 6.07 Å². The van der Waals surface area contributed by atoms with Gasteiger partial charge in [-0.25, -0.2) is 0 Å². The standard InChI is InChI=1S/C12H15N3O3S/c1-3-7-13-12(19)14-10-6-5-9(18-4-2)8-11(10)15(16)17/h3,5-6,8H,1,4,7H2,2H3,(H2,13,14,19). The first kappa shape index (κ1) is 14.9. The van der Waals surface area contributed by atoms with E-state index in [0.717, 1.165) is 0 Å². The molecule has 0 radical (unpaired) electrons. The van der Waals surface area contributed by atoms with Crippen LogP contribution < -0.4 is 15.4 Å². The Morgan fingerprint density at radius 1 is 1.63 bits per heavy atom. The highest BCUT2D eigenvalue weighted by Crippen LogP contribution is 2.29. The number of hydrogen-bond acceptors (Lipinski definition) is 4. The second-order valence-electron chi connectivity index (χ2n) is 3.49. The maximum absolute atomic E-state index is 11.0. The predicted molar refractivity (Wildman–Crippen MR) is 78.7 cm³/mol. The van der Waals surface area contributed by atoms with Crippen molar-refractivity contribution in [1.29, 1.82) is 0 Å². The van der Waals surface area contributed by atoms with E-state index in [2.05, 4.69) is 17.2 Å². The molecule has 1 aromatic rings. The zero-order valence-electron chi connectivity index (χ0n) is 10.5. The lowest BCUT2D eigenvalue weighted by Gasteiger charge is -2.10. The Balaban J connectivity index is 2.90. The van der Waals surface area contributed by atoms with Crippen molar-refractivity contribution in [3.8, 4) is 5.75 Å². The van der Waals surface area contributed by atoms with Gasteiger partial charge in [0, 0.05) is 6.54 Å². The first-order valence-electron chi connectivity index (χ1n) is 5.65. The molecule has 1 aromatic carbocycles. The van der Waals surface area contributed by atoms with E-state index in [1.807, 2.05) is 6.92 Å². The fourth-order valence-electron chi connectivity index (χ4n) is 1.36. The summed E-state index contributed by atoms with van der Waals surface area (Å²) in [6, 6.07) is 4.57. The molecule has 0 amide bonds. The van der Waals surface area contributed by atoms with Gasteiger partial charge in [-0.3, -0.25) is 10.1 Å². The molecule has 0 saturated carbocycles. The zero-order valence-corrected chi connectivity index (χ0v) is 11.3. The molecule has 0 aromatic heterocycles. The Kier molecular flexibility index (Phi) is 5.74. The molecule has 6 nitrogen and oxygen atoms in total. The lowest BCUT2D eigenvalue weighted by Crippen LogP contribution is -2.28. The monoisotopic (exact) mass is 281 g/mol. The van der Waals surface area contributed by atoms with E-state index < -0.39 is 4.92 Å². The van der Waals surface area contributed by atoms with Crippen LogP contribution in [0.3, 0.4) is 0 Å². The lowest BCUT2D eigenvalue weighted by atomic mass is 10.2. The molecule has 0 fully saturated rings. The summed E-state index contributed by atoms with van der Waals surface area (Å²) in [6.07, 6.45) is 1.64. The van der Waals surface area contributed by atoms with Crippen LogP contribution in [-0.4, -0.2) is 23.2 Å². The van der Waals surface area contributed by atoms with Crippen LogP contribution >= 0.6 is 12.2 Å². The molecule has 0 atom stereocenters. The molecule has 2 N–H and O–H groups in total. The molecule has 0 unspecified atom stereocenters. The van der Waals surface area contributed by atoms with Gasteiger partial charge in [0.05, 0.1) is 17.6 Å². The van der Waals surface area contributed by atoms with Crippen molar-refractivity contribution in [2.75, 3.05) is 18.5 Å². The van der Waals surface area contributed by atoms with Crippen molar-refractivity contribution in [1.82, 2.24) is 5.32 Å². The molecule has 0 spiro atoms. The largest absolute Gasteiger partial charge is 0.494 e. The Hall–Kier alpha value is -2.15. The average molecular weight is 281 g/mol. The van der Waals surface area contributed by atoms with Crippen LogP contribution in [0.15, 0.2) is 30.9 Å². The van der Waals surface area contributed by atoms with E-state index in [9.17, 15) is 10.1 Å². The molecule has 0 aliphatic rings. The SMILES string of the molecule is C=CCNC(=S)Nc1ccc(OCC)cc1[N+](=O)[O-]. The van der Waals surface area contributed by atoms with Crippen LogP contribution in [-0.2, 0) is 0 Å². The topological polar surface area (TPSA) is 76.4 Å². The molecular formula is C12H15N3O3S. The smallest absolute Gasteiger partial charge is 0.296 e. The van der Waals surface area contributed by atoms with Gasteiger partial charge in [-0.15, -0.1) is 6.58 Å². The molecule has 102 valence electrons. The molecule has 0 heterocycles. The van der Waals surface area contributed by atoms with Gasteiger partial charge in [-0.2, -0.15) is 0 Å². The number of benzene rings is 1. The number of thiocarbonyl (C=S) groups is 1. The van der Waals surface area contributed by atoms with Gasteiger partial charge >= 0.3 is 0 Å². The van der Waals surface area contributed by atoms with Crippen LogP contribution in [0.25, 0.3) is 0 Å². The van der Waals surface area contributed by atoms with Gasteiger partial charge in [0.25, 0.3) is 5.69 Å². The van der Waals surface area contributed by atoms with Gasteiger partial charge in [-0.1, -0.05) is 6.08 Å². The number of rotatable bonds is 6. The number of nitro benzene ring substituents is 1. The average Bonchev–Trinajstić information content (AvgIpc) is 2.38. The fraction of sp³-hybridized carbons (Fsp3) is 0.250. The van der Waals surface area contributed by atoms with E-state index >= 15 is 0 Å². The van der Waals surface area contributed by atoms with Crippen molar-refractivity contribution in [2.24, 2.45) is 0 Å². The molecule has 0 aliphatic carbocycles. The maximum Gasteiger partial charge on any atom is 0.296 e. The van der Waals surface area contributed by atoms with Crippen molar-refractivity contribution < 1.29 is 9.66 Å². The Labute approximate surface area is 116 Å². The zero-order chi connectivity index (χ0) is 14.3. The third-order valence-electron chi connectivity index (χ3n) is 2.13. The van der Waals surface area contributed by atoms with Crippen LogP contribution in [0.4, 0.5) is 11.4 Å². The highest BCUT2D eigenvalue weighted by molar-refractivity contribution is 7.80. The molecule has 0 saturated heterocycles. The van der Waals surface area contributed by atoms with Crippen LogP contribution in [0.1, 0.15) is 6.92 Å². The van der Waals surface area contributed by atoms with E-state index in [0.29, 0.717) is 29.7 Å². The van der Waals surface area contributed by atoms with Crippen LogP contribution in [0.5, 0.6) is 5.75 Å². The molecular weight excluding hydrogens is 266 g/mol. The van der Waals surface area contributed by atoms with Crippen LogP contribution in [0, 0.1) is 10.1 Å². The van der Waals surface area contributed by atoms with Gasteiger partial charge in [0.2, 0.25) is 0 Å². The highest BCUT2D eigenvalue weighted by atomic mass is 32.1. The number of anilines is 1. The van der Waals surface area contributed by atoms with E-state index in [4.69, 9.17) is 17.0 Å². The summed E-state index contributed by atoms with van der Waals surface area (Å²) in [4.78, 5) is 10.5. The minimum Gasteiger partial charge on any atom is -0.494 e. The Morgan fingerprint density at radius 3 is 2.95 bits per heavy atom. The molecule has 0 aliphatic heterocycles. The van der Waals surface area contributed by atoms with Gasteiger partial charge in [0.1, 0.15) is 11.4 Å². The second-order valence-corrected chi connectivity index (χ2v) is 3.90. The summed E-state index contributed by atoms with van der Waals surface area (Å²) in [5.74, 6) is 0.449. The summed E-state index contributed by atoms with van der Waals surface area (Å²) < 4.78 is 5.23. The number of hydrogen-bond donors (Lipinski definition) is 2. The lowest BCUT2D eigenvalue weighted by molar-refractivity contribution is -0.384. The van der Waals surface area contributed by atoms with Crippen molar-refractivity contribution in [3.05, 3.63) is 41.0 Å². The minimum atomic E-state index is -0.485. The number of nitro groups is 1. The third kappa shape index (κ3) is 4.55. The third-order valence-corrected chi connectivity index (χ3v) is 2.38. The normalized spacial score (nSPS) is 9.53. The molecule has 7 heteroatoms. The number of nitrogens with one attached hydrogen (secondary N) is 2. The van der Waals surface area contributed by atoms with Crippen molar-refractivity contribution in [3.63, 3.8) is 0 Å². The Morgan fingerprint density at radius 2 is 2.37 bits per heavy atom. The van der Waals surface area contributed by atoms with Crippen molar-refractivity contribution >= 4 is 28.7 Å². The van der Waals surface area contributed by atoms with Crippen molar-refractivity contribution in [2.45, 2.75) is 6.92 Å². The predicted octanol–water partition coefficient (Wildman–Crippen LogP) is 2.47. The Bertz CT molecular complexity index is 491. The van der Waals surface area contributed by atoms with Gasteiger partial charge in [0.15, 0.2) is 5.11 Å². The summed E-state index contributed by atoms with van der Waals surface area (Å²) in [7, 11) is 0. The van der Waals surface area contributed by atoms with Crippen LogP contribution in [0.2, 0.25) is 0 Å². The van der Waals surface area contributed by atoms with Gasteiger partial charge in [-0.05, 0) is 31.3 Å². The summed E-state index contributed by atoms with van der Waals surface area (Å²) in [6.45, 7) is 6.29. The molecule has 1 rings (SSSR count). The summed E-state index contributed by atoms with van der Waals surface area (Å²) in [5.41, 5.74) is 0.226. The maximum atomic E-state index is 11.0. The number of ether oxygens (including phenoxy) is 1. The van der Waals surface area contributed by atoms with Gasteiger partial charge < -0.3 is 15.4 Å².